The zero-order chi connectivity index (χ0) is 42.4. The number of rotatable bonds is 12. The number of nitrogens with zero attached hydrogens (tertiary/aromatic N) is 1. The molecule has 0 radical (unpaired) electrons. The Kier molecular flexibility index (Phi) is 13.9. The summed E-state index contributed by atoms with van der Waals surface area (Å²) in [7, 11) is -0.875. The van der Waals surface area contributed by atoms with E-state index in [1.165, 1.54) is 38.4 Å². The predicted octanol–water partition coefficient (Wildman–Crippen LogP) is 12.4. The fourth-order valence-electron chi connectivity index (χ4n) is 10.1. The fourth-order valence-corrected chi connectivity index (χ4v) is 12.8. The van der Waals surface area contributed by atoms with Gasteiger partial charge in [0.15, 0.2) is 22.2 Å². The van der Waals surface area contributed by atoms with Crippen molar-refractivity contribution >= 4 is 22.6 Å². The van der Waals surface area contributed by atoms with Crippen molar-refractivity contribution in [3.8, 4) is 5.75 Å². The summed E-state index contributed by atoms with van der Waals surface area (Å²) in [5.41, 5.74) is 4.44. The van der Waals surface area contributed by atoms with E-state index in [-0.39, 0.29) is 39.7 Å². The second kappa shape index (κ2) is 17.2. The van der Waals surface area contributed by atoms with Crippen molar-refractivity contribution in [3.63, 3.8) is 0 Å². The summed E-state index contributed by atoms with van der Waals surface area (Å²) in [6.45, 7) is 35.7. The Morgan fingerprint density at radius 1 is 0.982 bits per heavy atom. The van der Waals surface area contributed by atoms with Crippen LogP contribution in [0.3, 0.4) is 0 Å². The maximum Gasteiger partial charge on any atom is 0.340 e. The predicted molar refractivity (Wildman–Crippen MR) is 239 cm³/mol. The lowest BCUT2D eigenvalue weighted by Crippen LogP contribution is -2.49. The van der Waals surface area contributed by atoms with Gasteiger partial charge in [-0.1, -0.05) is 91.8 Å². The molecule has 1 heterocycles. The molecule has 0 N–H and O–H groups in total. The summed E-state index contributed by atoms with van der Waals surface area (Å²) in [5.74, 6) is 2.17. The SMILES string of the molecule is C=C1C(=CC=C2CCC[C@]3(C)[C@@H]([C@H](C)CC4CC(C)(C(=O)OC)ON4Cc4ccc(OC)cc4)CC[C@@H]23)C[C@@H](O[Si](C)(C)C(C)(C)C)C[C@@H]1O[Si](C)(C)C(C)(C)C. The second-order valence-corrected chi connectivity index (χ2v) is 31.2. The van der Waals surface area contributed by atoms with Gasteiger partial charge in [0.25, 0.3) is 0 Å². The van der Waals surface area contributed by atoms with E-state index >= 15 is 0 Å². The van der Waals surface area contributed by atoms with E-state index in [0.717, 1.165) is 42.6 Å². The molecule has 1 aromatic rings. The standard InChI is InChI=1S/C48H79NO6Si2/c1-33(28-38-31-48(10,44(50)52-12)55-49(38)32-35-19-23-39(51-11)24-20-35)41-25-26-42-36(18-17-27-47(41,42)9)21-22-37-29-40(53-56(13,14)45(3,4)5)30-43(34(37)2)54-57(15,16)46(6,7)8/h19-24,33,38,40-43H,2,17-18,25-32H2,1,3-16H3/t33-,38?,40-,41-,42+,43+,47-,48?/m1/s1. The molecule has 2 unspecified atom stereocenters. The minimum Gasteiger partial charge on any atom is -0.497 e. The zero-order valence-corrected chi connectivity index (χ0v) is 40.6. The van der Waals surface area contributed by atoms with Gasteiger partial charge in [0.2, 0.25) is 0 Å². The third-order valence-electron chi connectivity index (χ3n) is 15.6. The van der Waals surface area contributed by atoms with Crippen molar-refractivity contribution in [2.45, 2.75) is 187 Å². The molecular formula is C48H79NO6Si2. The van der Waals surface area contributed by atoms with Crippen molar-refractivity contribution in [3.05, 3.63) is 65.3 Å². The first-order valence-corrected chi connectivity index (χ1v) is 27.8. The average Bonchev–Trinajstić information content (AvgIpc) is 3.64. The van der Waals surface area contributed by atoms with Crippen LogP contribution in [0.2, 0.25) is 36.3 Å². The summed E-state index contributed by atoms with van der Waals surface area (Å²) in [4.78, 5) is 19.5. The van der Waals surface area contributed by atoms with Gasteiger partial charge in [-0.2, -0.15) is 5.06 Å². The maximum absolute atomic E-state index is 13.0. The lowest BCUT2D eigenvalue weighted by Gasteiger charge is -2.46. The summed E-state index contributed by atoms with van der Waals surface area (Å²) >= 11 is 0. The molecule has 57 heavy (non-hydrogen) atoms. The van der Waals surface area contributed by atoms with E-state index in [1.54, 1.807) is 12.7 Å². The summed E-state index contributed by atoms with van der Waals surface area (Å²) in [5, 5.41) is 2.33. The number of hydrogen-bond donors (Lipinski definition) is 0. The molecule has 7 nitrogen and oxygen atoms in total. The number of methoxy groups -OCH3 is 2. The Morgan fingerprint density at radius 2 is 1.61 bits per heavy atom. The van der Waals surface area contributed by atoms with Crippen LogP contribution in [-0.2, 0) is 29.8 Å². The van der Waals surface area contributed by atoms with E-state index in [9.17, 15) is 4.79 Å². The van der Waals surface area contributed by atoms with Gasteiger partial charge in [-0.15, -0.1) is 0 Å². The van der Waals surface area contributed by atoms with Gasteiger partial charge in [-0.25, -0.2) is 4.79 Å². The highest BCUT2D eigenvalue weighted by Crippen LogP contribution is 2.60. The molecule has 3 saturated carbocycles. The first-order chi connectivity index (χ1) is 26.3. The highest BCUT2D eigenvalue weighted by molar-refractivity contribution is 6.74. The topological polar surface area (TPSA) is 66.5 Å². The van der Waals surface area contributed by atoms with Gasteiger partial charge in [-0.05, 0) is 140 Å². The van der Waals surface area contributed by atoms with E-state index in [4.69, 9.17) is 29.7 Å². The number of esters is 1. The van der Waals surface area contributed by atoms with Crippen molar-refractivity contribution in [2.75, 3.05) is 14.2 Å². The molecule has 4 fully saturated rings. The zero-order valence-electron chi connectivity index (χ0n) is 38.6. The van der Waals surface area contributed by atoms with E-state index in [1.807, 2.05) is 19.1 Å². The summed E-state index contributed by atoms with van der Waals surface area (Å²) in [6, 6.07) is 8.24. The Bertz CT molecular complexity index is 1650. The number of hydroxylamine groups is 2. The molecule has 0 amide bonds. The monoisotopic (exact) mass is 822 g/mol. The summed E-state index contributed by atoms with van der Waals surface area (Å²) < 4.78 is 24.9. The van der Waals surface area contributed by atoms with Crippen LogP contribution in [0, 0.1) is 23.2 Å². The molecule has 5 rings (SSSR count). The highest BCUT2D eigenvalue weighted by Gasteiger charge is 2.54. The van der Waals surface area contributed by atoms with Crippen molar-refractivity contribution in [2.24, 2.45) is 23.2 Å². The maximum atomic E-state index is 13.0. The van der Waals surface area contributed by atoms with Crippen LogP contribution < -0.4 is 4.74 Å². The van der Waals surface area contributed by atoms with Crippen LogP contribution in [0.1, 0.15) is 126 Å². The third-order valence-corrected chi connectivity index (χ3v) is 24.6. The van der Waals surface area contributed by atoms with Gasteiger partial charge >= 0.3 is 5.97 Å². The normalized spacial score (nSPS) is 32.5. The molecule has 9 heteroatoms. The fraction of sp³-hybridized carbons (Fsp3) is 0.729. The molecule has 3 aliphatic carbocycles. The first-order valence-electron chi connectivity index (χ1n) is 22.0. The van der Waals surface area contributed by atoms with Crippen LogP contribution in [0.25, 0.3) is 0 Å². The molecule has 1 aliphatic heterocycles. The lowest BCUT2D eigenvalue weighted by molar-refractivity contribution is -0.220. The van der Waals surface area contributed by atoms with Gasteiger partial charge in [0.05, 0.1) is 26.4 Å². The first kappa shape index (κ1) is 46.1. The number of carbonyl (C=O) groups excluding carboxylic acids is 1. The minimum atomic E-state index is -2.03. The van der Waals surface area contributed by atoms with Gasteiger partial charge in [0, 0.05) is 25.4 Å². The highest BCUT2D eigenvalue weighted by atomic mass is 28.4. The van der Waals surface area contributed by atoms with Crippen LogP contribution in [0.5, 0.6) is 5.75 Å². The molecule has 0 bridgehead atoms. The van der Waals surface area contributed by atoms with Crippen molar-refractivity contribution in [1.29, 1.82) is 0 Å². The third kappa shape index (κ3) is 9.97. The second-order valence-electron chi connectivity index (χ2n) is 21.7. The molecule has 0 aromatic heterocycles. The molecule has 1 saturated heterocycles. The van der Waals surface area contributed by atoms with E-state index in [2.05, 4.69) is 111 Å². The van der Waals surface area contributed by atoms with E-state index < -0.39 is 22.2 Å². The quantitative estimate of drug-likeness (QED) is 0.154. The number of carbonyl (C=O) groups is 1. The lowest BCUT2D eigenvalue weighted by atomic mass is 9.60. The number of hydrogen-bond acceptors (Lipinski definition) is 7. The largest absolute Gasteiger partial charge is 0.497 e. The van der Waals surface area contributed by atoms with Crippen LogP contribution in [0.4, 0.5) is 0 Å². The van der Waals surface area contributed by atoms with E-state index in [0.29, 0.717) is 30.7 Å². The number of allylic oxidation sites excluding steroid dienone is 3. The Morgan fingerprint density at radius 3 is 2.21 bits per heavy atom. The molecule has 8 atom stereocenters. The number of benzene rings is 1. The molecule has 1 aromatic carbocycles. The van der Waals surface area contributed by atoms with Crippen molar-refractivity contribution < 1.29 is 28.0 Å². The van der Waals surface area contributed by atoms with Gasteiger partial charge < -0.3 is 18.3 Å². The summed E-state index contributed by atoms with van der Waals surface area (Å²) in [6.07, 6.45) is 14.5. The van der Waals surface area contributed by atoms with Crippen LogP contribution in [-0.4, -0.2) is 65.7 Å². The average molecular weight is 822 g/mol. The smallest absolute Gasteiger partial charge is 0.340 e. The number of fused-ring (bicyclic) bond motifs is 1. The molecule has 320 valence electrons. The Hall–Kier alpha value is -2.02. The minimum absolute atomic E-state index is 0.0164. The van der Waals surface area contributed by atoms with Crippen molar-refractivity contribution in [1.82, 2.24) is 5.06 Å². The molecule has 4 aliphatic rings. The molecular weight excluding hydrogens is 743 g/mol. The Labute approximate surface area is 349 Å². The van der Waals surface area contributed by atoms with Crippen LogP contribution in [0.15, 0.2) is 59.7 Å². The van der Waals surface area contributed by atoms with Crippen LogP contribution >= 0.6 is 0 Å². The Balaban J connectivity index is 1.36. The number of ether oxygens (including phenoxy) is 2. The van der Waals surface area contributed by atoms with Gasteiger partial charge in [0.1, 0.15) is 5.75 Å². The molecule has 0 spiro atoms. The van der Waals surface area contributed by atoms with Gasteiger partial charge in [-0.3, -0.25) is 4.84 Å².